The lowest BCUT2D eigenvalue weighted by Gasteiger charge is -2.46. The molecule has 0 spiro atoms. The van der Waals surface area contributed by atoms with Gasteiger partial charge in [0.1, 0.15) is 0 Å². The lowest BCUT2D eigenvalue weighted by atomic mass is 10.0. The van der Waals surface area contributed by atoms with E-state index in [0.29, 0.717) is 23.7 Å². The molecule has 1 heterocycles. The van der Waals surface area contributed by atoms with E-state index in [1.807, 2.05) is 12.1 Å². The fourth-order valence-electron chi connectivity index (χ4n) is 3.17. The van der Waals surface area contributed by atoms with Gasteiger partial charge in [-0.2, -0.15) is 0 Å². The zero-order valence-corrected chi connectivity index (χ0v) is 13.9. The van der Waals surface area contributed by atoms with Gasteiger partial charge in [0, 0.05) is 43.3 Å². The van der Waals surface area contributed by atoms with Gasteiger partial charge in [-0.25, -0.2) is 5.48 Å². The summed E-state index contributed by atoms with van der Waals surface area (Å²) in [4.78, 5) is 16.4. The maximum Gasteiger partial charge on any atom is 0.274 e. The molecule has 2 rings (SSSR count). The summed E-state index contributed by atoms with van der Waals surface area (Å²) in [6.45, 7) is 12.1. The minimum Gasteiger partial charge on any atom is -0.298 e. The molecule has 2 unspecified atom stereocenters. The molecule has 0 aromatic heterocycles. The number of hydroxylamine groups is 1. The number of amides is 1. The molecule has 1 saturated heterocycles. The summed E-state index contributed by atoms with van der Waals surface area (Å²) in [6, 6.07) is 9.01. The highest BCUT2D eigenvalue weighted by Crippen LogP contribution is 2.20. The van der Waals surface area contributed by atoms with Crippen molar-refractivity contribution in [1.29, 1.82) is 0 Å². The minimum absolute atomic E-state index is 0.469. The normalized spacial score (nSPS) is 23.7. The SMILES string of the molecule is CC(C)N1CC(C)N(Cc2ccc(C(=O)NO)cc2)C(C)C1. The summed E-state index contributed by atoms with van der Waals surface area (Å²) in [5.41, 5.74) is 3.31. The van der Waals surface area contributed by atoms with Crippen LogP contribution in [0.25, 0.3) is 0 Å². The van der Waals surface area contributed by atoms with E-state index in [9.17, 15) is 4.79 Å². The summed E-state index contributed by atoms with van der Waals surface area (Å²) in [7, 11) is 0. The number of hydrogen-bond acceptors (Lipinski definition) is 4. The van der Waals surface area contributed by atoms with Crippen LogP contribution in [0, 0.1) is 0 Å². The Morgan fingerprint density at radius 3 is 2.23 bits per heavy atom. The second-order valence-corrected chi connectivity index (χ2v) is 6.56. The van der Waals surface area contributed by atoms with E-state index in [4.69, 9.17) is 5.21 Å². The first-order valence-electron chi connectivity index (χ1n) is 7.95. The summed E-state index contributed by atoms with van der Waals surface area (Å²) >= 11 is 0. The Morgan fingerprint density at radius 2 is 1.77 bits per heavy atom. The molecule has 22 heavy (non-hydrogen) atoms. The fraction of sp³-hybridized carbons (Fsp3) is 0.588. The van der Waals surface area contributed by atoms with Gasteiger partial charge in [0.15, 0.2) is 0 Å². The molecule has 0 aliphatic carbocycles. The van der Waals surface area contributed by atoms with Crippen LogP contribution >= 0.6 is 0 Å². The molecular weight excluding hydrogens is 278 g/mol. The molecule has 0 bridgehead atoms. The monoisotopic (exact) mass is 305 g/mol. The average molecular weight is 305 g/mol. The number of nitrogens with one attached hydrogen (secondary N) is 1. The molecular formula is C17H27N3O2. The van der Waals surface area contributed by atoms with Crippen molar-refractivity contribution in [2.75, 3.05) is 13.1 Å². The molecule has 1 aromatic carbocycles. The highest BCUT2D eigenvalue weighted by atomic mass is 16.5. The van der Waals surface area contributed by atoms with Crippen molar-refractivity contribution in [3.05, 3.63) is 35.4 Å². The van der Waals surface area contributed by atoms with Crippen molar-refractivity contribution in [2.24, 2.45) is 0 Å². The number of carbonyl (C=O) groups excluding carboxylic acids is 1. The molecule has 2 N–H and O–H groups in total. The second-order valence-electron chi connectivity index (χ2n) is 6.56. The average Bonchev–Trinajstić information content (AvgIpc) is 2.50. The van der Waals surface area contributed by atoms with Crippen LogP contribution < -0.4 is 5.48 Å². The van der Waals surface area contributed by atoms with Gasteiger partial charge in [0.25, 0.3) is 5.91 Å². The van der Waals surface area contributed by atoms with Gasteiger partial charge in [0.2, 0.25) is 0 Å². The van der Waals surface area contributed by atoms with Gasteiger partial charge in [-0.3, -0.25) is 19.8 Å². The summed E-state index contributed by atoms with van der Waals surface area (Å²) in [5, 5.41) is 8.65. The van der Waals surface area contributed by atoms with Crippen molar-refractivity contribution >= 4 is 5.91 Å². The van der Waals surface area contributed by atoms with Crippen molar-refractivity contribution in [2.45, 2.75) is 52.4 Å². The number of hydrogen-bond donors (Lipinski definition) is 2. The molecule has 1 aliphatic heterocycles. The lowest BCUT2D eigenvalue weighted by Crippen LogP contribution is -2.57. The van der Waals surface area contributed by atoms with Crippen LogP contribution in [-0.4, -0.2) is 52.1 Å². The Kier molecular flexibility index (Phi) is 5.56. The predicted molar refractivity (Wildman–Crippen MR) is 86.9 cm³/mol. The van der Waals surface area contributed by atoms with Crippen molar-refractivity contribution in [3.63, 3.8) is 0 Å². The van der Waals surface area contributed by atoms with Gasteiger partial charge in [-0.05, 0) is 45.4 Å². The van der Waals surface area contributed by atoms with Gasteiger partial charge >= 0.3 is 0 Å². The first kappa shape index (κ1) is 16.9. The van der Waals surface area contributed by atoms with E-state index in [-0.39, 0.29) is 0 Å². The van der Waals surface area contributed by atoms with Crippen LogP contribution in [0.5, 0.6) is 0 Å². The molecule has 1 amide bonds. The number of benzene rings is 1. The second kappa shape index (κ2) is 7.22. The van der Waals surface area contributed by atoms with Crippen molar-refractivity contribution in [3.8, 4) is 0 Å². The van der Waals surface area contributed by atoms with Crippen LogP contribution in [0.4, 0.5) is 0 Å². The van der Waals surface area contributed by atoms with Gasteiger partial charge in [-0.1, -0.05) is 12.1 Å². The van der Waals surface area contributed by atoms with Crippen molar-refractivity contribution < 1.29 is 10.0 Å². The van der Waals surface area contributed by atoms with E-state index >= 15 is 0 Å². The molecule has 5 nitrogen and oxygen atoms in total. The van der Waals surface area contributed by atoms with E-state index < -0.39 is 5.91 Å². The van der Waals surface area contributed by atoms with Crippen LogP contribution in [0.1, 0.15) is 43.6 Å². The Hall–Kier alpha value is -1.43. The molecule has 0 radical (unpaired) electrons. The number of carbonyl (C=O) groups is 1. The molecule has 2 atom stereocenters. The summed E-state index contributed by atoms with van der Waals surface area (Å²) < 4.78 is 0. The standard InChI is InChI=1S/C17H27N3O2/c1-12(2)19-9-13(3)20(14(4)10-19)11-15-5-7-16(8-6-15)17(21)18-22/h5-8,12-14,22H,9-11H2,1-4H3,(H,18,21). The molecule has 0 saturated carbocycles. The number of piperazine rings is 1. The molecule has 1 aliphatic rings. The third-order valence-electron chi connectivity index (χ3n) is 4.54. The zero-order chi connectivity index (χ0) is 16.3. The molecule has 1 aromatic rings. The largest absolute Gasteiger partial charge is 0.298 e. The maximum atomic E-state index is 11.3. The first-order valence-corrected chi connectivity index (χ1v) is 7.95. The third kappa shape index (κ3) is 3.85. The topological polar surface area (TPSA) is 55.8 Å². The van der Waals surface area contributed by atoms with Crippen LogP contribution in [0.2, 0.25) is 0 Å². The Bertz CT molecular complexity index is 489. The third-order valence-corrected chi connectivity index (χ3v) is 4.54. The Morgan fingerprint density at radius 1 is 1.23 bits per heavy atom. The number of rotatable bonds is 4. The van der Waals surface area contributed by atoms with E-state index in [0.717, 1.165) is 19.6 Å². The summed E-state index contributed by atoms with van der Waals surface area (Å²) in [6.07, 6.45) is 0. The Labute approximate surface area is 132 Å². The molecule has 122 valence electrons. The van der Waals surface area contributed by atoms with Crippen LogP contribution in [0.15, 0.2) is 24.3 Å². The number of nitrogens with zero attached hydrogens (tertiary/aromatic N) is 2. The molecule has 1 fully saturated rings. The van der Waals surface area contributed by atoms with Gasteiger partial charge < -0.3 is 0 Å². The lowest BCUT2D eigenvalue weighted by molar-refractivity contribution is 0.0183. The molecule has 5 heteroatoms. The van der Waals surface area contributed by atoms with Crippen LogP contribution in [-0.2, 0) is 6.54 Å². The highest BCUT2D eigenvalue weighted by Gasteiger charge is 2.30. The highest BCUT2D eigenvalue weighted by molar-refractivity contribution is 5.93. The Balaban J connectivity index is 2.02. The van der Waals surface area contributed by atoms with Gasteiger partial charge in [0.05, 0.1) is 0 Å². The first-order chi connectivity index (χ1) is 10.4. The smallest absolute Gasteiger partial charge is 0.274 e. The van der Waals surface area contributed by atoms with Crippen LogP contribution in [0.3, 0.4) is 0 Å². The van der Waals surface area contributed by atoms with E-state index in [1.165, 1.54) is 5.56 Å². The quantitative estimate of drug-likeness (QED) is 0.661. The minimum atomic E-state index is -0.473. The zero-order valence-electron chi connectivity index (χ0n) is 13.9. The maximum absolute atomic E-state index is 11.3. The van der Waals surface area contributed by atoms with E-state index in [2.05, 4.69) is 37.5 Å². The summed E-state index contributed by atoms with van der Waals surface area (Å²) in [5.74, 6) is -0.473. The fourth-order valence-corrected chi connectivity index (χ4v) is 3.17. The van der Waals surface area contributed by atoms with Gasteiger partial charge in [-0.15, -0.1) is 0 Å². The predicted octanol–water partition coefficient (Wildman–Crippen LogP) is 2.11. The van der Waals surface area contributed by atoms with Crippen molar-refractivity contribution in [1.82, 2.24) is 15.3 Å². The van der Waals surface area contributed by atoms with E-state index in [1.54, 1.807) is 17.6 Å².